The molecule has 3 aromatic rings. The molecule has 0 unspecified atom stereocenters. The van der Waals surface area contributed by atoms with Gasteiger partial charge < -0.3 is 4.57 Å². The van der Waals surface area contributed by atoms with Gasteiger partial charge in [0, 0.05) is 27.2 Å². The number of benzene rings is 2. The van der Waals surface area contributed by atoms with Crippen molar-refractivity contribution in [2.24, 2.45) is 0 Å². The molecule has 0 atom stereocenters. The molecule has 0 bridgehead atoms. The van der Waals surface area contributed by atoms with E-state index >= 15 is 0 Å². The normalized spacial score (nSPS) is 12.4. The molecule has 0 aliphatic heterocycles. The third-order valence-electron chi connectivity index (χ3n) is 5.19. The monoisotopic (exact) mass is 414 g/mol. The van der Waals surface area contributed by atoms with Crippen molar-refractivity contribution in [1.29, 1.82) is 0 Å². The van der Waals surface area contributed by atoms with Crippen LogP contribution in [0.2, 0.25) is 0 Å². The van der Waals surface area contributed by atoms with E-state index in [1.807, 2.05) is 6.07 Å². The summed E-state index contributed by atoms with van der Waals surface area (Å²) >= 11 is 0. The van der Waals surface area contributed by atoms with Crippen LogP contribution in [0.3, 0.4) is 0 Å². The molecule has 0 N–H and O–H groups in total. The van der Waals surface area contributed by atoms with E-state index in [0.29, 0.717) is 12.1 Å². The molecule has 0 radical (unpaired) electrons. The van der Waals surface area contributed by atoms with Gasteiger partial charge >= 0.3 is 0 Å². The number of nitrogens with zero attached hydrogens (tertiary/aromatic N) is 4. The lowest BCUT2D eigenvalue weighted by Crippen LogP contribution is -2.22. The van der Waals surface area contributed by atoms with Gasteiger partial charge in [0.2, 0.25) is 10.0 Å². The van der Waals surface area contributed by atoms with Gasteiger partial charge in [-0.15, -0.1) is 0 Å². The fourth-order valence-corrected chi connectivity index (χ4v) is 4.42. The summed E-state index contributed by atoms with van der Waals surface area (Å²) in [6.45, 7) is 6.54. The van der Waals surface area contributed by atoms with E-state index in [-0.39, 0.29) is 4.90 Å². The molecular formula is C22H30N4O2S. The van der Waals surface area contributed by atoms with Crippen molar-refractivity contribution in [3.05, 3.63) is 59.4 Å². The van der Waals surface area contributed by atoms with E-state index in [1.165, 1.54) is 29.5 Å². The largest absolute Gasteiger partial charge is 0.327 e. The predicted octanol–water partition coefficient (Wildman–Crippen LogP) is 3.50. The Morgan fingerprint density at radius 3 is 2.17 bits per heavy atom. The minimum atomic E-state index is -3.47. The molecule has 2 aromatic carbocycles. The maximum Gasteiger partial charge on any atom is 0.242 e. The average molecular weight is 415 g/mol. The van der Waals surface area contributed by atoms with Crippen LogP contribution >= 0.6 is 0 Å². The van der Waals surface area contributed by atoms with E-state index in [2.05, 4.69) is 54.6 Å². The molecule has 0 spiro atoms. The molecular weight excluding hydrogens is 384 g/mol. The summed E-state index contributed by atoms with van der Waals surface area (Å²) in [5.74, 6) is 0.939. The lowest BCUT2D eigenvalue weighted by Gasteiger charge is -2.17. The van der Waals surface area contributed by atoms with E-state index in [9.17, 15) is 8.42 Å². The smallest absolute Gasteiger partial charge is 0.242 e. The zero-order chi connectivity index (χ0) is 21.2. The molecule has 1 heterocycles. The maximum absolute atomic E-state index is 12.4. The first-order valence-electron chi connectivity index (χ1n) is 9.94. The highest BCUT2D eigenvalue weighted by Gasteiger charge is 2.20. The molecule has 29 heavy (non-hydrogen) atoms. The number of hydrogen-bond donors (Lipinski definition) is 0. The van der Waals surface area contributed by atoms with Crippen LogP contribution in [-0.2, 0) is 36.1 Å². The standard InChI is InChI=1S/C22H30N4O2S/c1-6-17-8-10-18(11-9-17)15-25(5)16-22-23-20-14-19(29(27,28)24(3)4)12-13-21(20)26(22)7-2/h8-14H,6-7,15-16H2,1-5H3. The van der Waals surface area contributed by atoms with Crippen molar-refractivity contribution < 1.29 is 8.42 Å². The van der Waals surface area contributed by atoms with Crippen LogP contribution in [0.15, 0.2) is 47.4 Å². The fourth-order valence-electron chi connectivity index (χ4n) is 3.49. The van der Waals surface area contributed by atoms with Gasteiger partial charge in [-0.1, -0.05) is 31.2 Å². The van der Waals surface area contributed by atoms with Gasteiger partial charge in [-0.05, 0) is 49.7 Å². The molecule has 0 saturated heterocycles. The molecule has 0 aliphatic carbocycles. The van der Waals surface area contributed by atoms with Gasteiger partial charge in [-0.25, -0.2) is 17.7 Å². The van der Waals surface area contributed by atoms with Crippen molar-refractivity contribution in [2.75, 3.05) is 21.1 Å². The Morgan fingerprint density at radius 2 is 1.59 bits per heavy atom. The van der Waals surface area contributed by atoms with Crippen LogP contribution in [0.5, 0.6) is 0 Å². The fraction of sp³-hybridized carbons (Fsp3) is 0.409. The summed E-state index contributed by atoms with van der Waals surface area (Å²) in [6.07, 6.45) is 1.04. The highest BCUT2D eigenvalue weighted by molar-refractivity contribution is 7.89. The van der Waals surface area contributed by atoms with Crippen molar-refractivity contribution in [2.45, 2.75) is 44.8 Å². The highest BCUT2D eigenvalue weighted by Crippen LogP contribution is 2.23. The molecule has 7 heteroatoms. The Bertz CT molecular complexity index is 1090. The lowest BCUT2D eigenvalue weighted by molar-refractivity contribution is 0.306. The topological polar surface area (TPSA) is 58.4 Å². The minimum absolute atomic E-state index is 0.270. The van der Waals surface area contributed by atoms with Crippen LogP contribution in [-0.4, -0.2) is 48.3 Å². The Kier molecular flexibility index (Phi) is 6.41. The Hall–Kier alpha value is -2.22. The molecule has 1 aromatic heterocycles. The Labute approximate surface area is 173 Å². The number of hydrogen-bond acceptors (Lipinski definition) is 4. The van der Waals surface area contributed by atoms with Crippen molar-refractivity contribution >= 4 is 21.1 Å². The van der Waals surface area contributed by atoms with Crippen LogP contribution in [0, 0.1) is 0 Å². The van der Waals surface area contributed by atoms with E-state index in [0.717, 1.165) is 30.9 Å². The van der Waals surface area contributed by atoms with E-state index in [1.54, 1.807) is 12.1 Å². The number of aromatic nitrogens is 2. The molecule has 6 nitrogen and oxygen atoms in total. The Morgan fingerprint density at radius 1 is 0.931 bits per heavy atom. The molecule has 0 fully saturated rings. The molecule has 0 aliphatic rings. The lowest BCUT2D eigenvalue weighted by atomic mass is 10.1. The molecule has 0 saturated carbocycles. The molecule has 0 amide bonds. The second kappa shape index (κ2) is 8.65. The van der Waals surface area contributed by atoms with Gasteiger partial charge in [-0.2, -0.15) is 0 Å². The SMILES string of the molecule is CCc1ccc(CN(C)Cc2nc3cc(S(=O)(=O)N(C)C)ccc3n2CC)cc1. The predicted molar refractivity (Wildman–Crippen MR) is 117 cm³/mol. The van der Waals surface area contributed by atoms with Gasteiger partial charge in [0.05, 0.1) is 22.5 Å². The quantitative estimate of drug-likeness (QED) is 0.566. The summed E-state index contributed by atoms with van der Waals surface area (Å²) in [5.41, 5.74) is 4.28. The zero-order valence-electron chi connectivity index (χ0n) is 17.9. The summed E-state index contributed by atoms with van der Waals surface area (Å²) in [7, 11) is 1.68. The molecule has 3 rings (SSSR count). The zero-order valence-corrected chi connectivity index (χ0v) is 18.7. The molecule has 156 valence electrons. The second-order valence-corrected chi connectivity index (χ2v) is 9.70. The first kappa shape index (κ1) is 21.5. The Balaban J connectivity index is 1.86. The van der Waals surface area contributed by atoms with Crippen LogP contribution in [0.4, 0.5) is 0 Å². The summed E-state index contributed by atoms with van der Waals surface area (Å²) in [5, 5.41) is 0. The van der Waals surface area contributed by atoms with Crippen LogP contribution in [0.25, 0.3) is 11.0 Å². The van der Waals surface area contributed by atoms with Crippen LogP contribution in [0.1, 0.15) is 30.8 Å². The first-order valence-corrected chi connectivity index (χ1v) is 11.4. The van der Waals surface area contributed by atoms with Crippen molar-refractivity contribution in [1.82, 2.24) is 18.8 Å². The van der Waals surface area contributed by atoms with E-state index in [4.69, 9.17) is 4.98 Å². The minimum Gasteiger partial charge on any atom is -0.327 e. The maximum atomic E-state index is 12.4. The summed E-state index contributed by atoms with van der Waals surface area (Å²) in [4.78, 5) is 7.26. The van der Waals surface area contributed by atoms with Gasteiger partial charge in [0.25, 0.3) is 0 Å². The van der Waals surface area contributed by atoms with E-state index < -0.39 is 10.0 Å². The van der Waals surface area contributed by atoms with Gasteiger partial charge in [0.1, 0.15) is 5.82 Å². The highest BCUT2D eigenvalue weighted by atomic mass is 32.2. The number of imidazole rings is 1. The number of fused-ring (bicyclic) bond motifs is 1. The second-order valence-electron chi connectivity index (χ2n) is 7.55. The average Bonchev–Trinajstić information content (AvgIpc) is 3.04. The summed E-state index contributed by atoms with van der Waals surface area (Å²) in [6, 6.07) is 13.9. The van der Waals surface area contributed by atoms with Gasteiger partial charge in [-0.3, -0.25) is 4.90 Å². The van der Waals surface area contributed by atoms with Crippen molar-refractivity contribution in [3.8, 4) is 0 Å². The summed E-state index contributed by atoms with van der Waals surface area (Å²) < 4.78 is 28.3. The third-order valence-corrected chi connectivity index (χ3v) is 7.00. The van der Waals surface area contributed by atoms with Gasteiger partial charge in [0.15, 0.2) is 0 Å². The number of sulfonamides is 1. The van der Waals surface area contributed by atoms with Crippen molar-refractivity contribution in [3.63, 3.8) is 0 Å². The number of aryl methyl sites for hydroxylation is 2. The van der Waals surface area contributed by atoms with Crippen LogP contribution < -0.4 is 0 Å². The first-order chi connectivity index (χ1) is 13.8. The number of rotatable bonds is 8. The third kappa shape index (κ3) is 4.52.